The molecule has 2 N–H and O–H groups in total. The summed E-state index contributed by atoms with van der Waals surface area (Å²) < 4.78 is 22.7. The van der Waals surface area contributed by atoms with E-state index in [1.54, 1.807) is 17.0 Å². The van der Waals surface area contributed by atoms with Gasteiger partial charge >= 0.3 is 6.03 Å². The van der Waals surface area contributed by atoms with E-state index in [2.05, 4.69) is 5.32 Å². The van der Waals surface area contributed by atoms with E-state index in [-0.39, 0.29) is 10.9 Å². The van der Waals surface area contributed by atoms with Gasteiger partial charge in [0.15, 0.2) is 9.84 Å². The number of urea groups is 1. The number of amides is 2. The number of nitrogens with one attached hydrogen (secondary N) is 1. The summed E-state index contributed by atoms with van der Waals surface area (Å²) in [5, 5.41) is 12.2. The second-order valence-corrected chi connectivity index (χ2v) is 6.98. The molecule has 1 saturated heterocycles. The van der Waals surface area contributed by atoms with Crippen LogP contribution in [0.3, 0.4) is 0 Å². The summed E-state index contributed by atoms with van der Waals surface area (Å²) >= 11 is 0. The Labute approximate surface area is 118 Å². The van der Waals surface area contributed by atoms with Crippen LogP contribution in [0.4, 0.5) is 10.5 Å². The molecule has 110 valence electrons. The highest BCUT2D eigenvalue weighted by Gasteiger charge is 2.22. The van der Waals surface area contributed by atoms with Gasteiger partial charge in [-0.3, -0.25) is 0 Å². The molecule has 1 atom stereocenters. The van der Waals surface area contributed by atoms with Crippen molar-refractivity contribution in [3.63, 3.8) is 0 Å². The number of β-amino-alcohol motifs (C(OH)–C–C–N with tert-alkyl or cyclic N) is 1. The molecule has 1 aromatic carbocycles. The third-order valence-electron chi connectivity index (χ3n) is 3.22. The molecule has 7 heteroatoms. The average molecular weight is 298 g/mol. The van der Waals surface area contributed by atoms with Crippen LogP contribution in [0.15, 0.2) is 29.2 Å². The van der Waals surface area contributed by atoms with Gasteiger partial charge in [0, 0.05) is 25.0 Å². The van der Waals surface area contributed by atoms with Crippen LogP contribution < -0.4 is 5.32 Å². The Bertz CT molecular complexity index is 583. The molecule has 0 aliphatic carbocycles. The first-order valence-electron chi connectivity index (χ1n) is 6.40. The van der Waals surface area contributed by atoms with Crippen molar-refractivity contribution < 1.29 is 18.3 Å². The standard InChI is InChI=1S/C13H18N2O4S/c1-20(18,19)12-6-4-10(5-7-12)14-13(17)15-8-2-3-11(16)9-15/h4-7,11,16H,2-3,8-9H2,1H3,(H,14,17)/t11-/m1/s1. The van der Waals surface area contributed by atoms with Gasteiger partial charge in [-0.15, -0.1) is 0 Å². The predicted octanol–water partition coefficient (Wildman–Crippen LogP) is 1.08. The van der Waals surface area contributed by atoms with Crippen LogP contribution in [0.25, 0.3) is 0 Å². The summed E-state index contributed by atoms with van der Waals surface area (Å²) in [5.74, 6) is 0. The molecule has 20 heavy (non-hydrogen) atoms. The molecule has 1 heterocycles. The molecule has 1 aliphatic rings. The first-order chi connectivity index (χ1) is 9.36. The minimum Gasteiger partial charge on any atom is -0.391 e. The summed E-state index contributed by atoms with van der Waals surface area (Å²) in [7, 11) is -3.23. The molecule has 0 aromatic heterocycles. The van der Waals surface area contributed by atoms with Crippen molar-refractivity contribution in [2.45, 2.75) is 23.8 Å². The predicted molar refractivity (Wildman–Crippen MR) is 75.4 cm³/mol. The SMILES string of the molecule is CS(=O)(=O)c1ccc(NC(=O)N2CCC[C@@H](O)C2)cc1. The Morgan fingerprint density at radius 1 is 1.35 bits per heavy atom. The van der Waals surface area contributed by atoms with Gasteiger partial charge in [-0.25, -0.2) is 13.2 Å². The summed E-state index contributed by atoms with van der Waals surface area (Å²) in [5.41, 5.74) is 0.530. The number of likely N-dealkylation sites (tertiary alicyclic amines) is 1. The number of benzene rings is 1. The molecule has 0 saturated carbocycles. The summed E-state index contributed by atoms with van der Waals surface area (Å²) in [6, 6.07) is 5.73. The van der Waals surface area contributed by atoms with Crippen LogP contribution in [-0.2, 0) is 9.84 Å². The Morgan fingerprint density at radius 2 is 2.00 bits per heavy atom. The largest absolute Gasteiger partial charge is 0.391 e. The van der Waals surface area contributed by atoms with Gasteiger partial charge < -0.3 is 15.3 Å². The fourth-order valence-electron chi connectivity index (χ4n) is 2.13. The lowest BCUT2D eigenvalue weighted by molar-refractivity contribution is 0.0883. The summed E-state index contributed by atoms with van der Waals surface area (Å²) in [4.78, 5) is 13.7. The number of nitrogens with zero attached hydrogens (tertiary/aromatic N) is 1. The average Bonchev–Trinajstić information content (AvgIpc) is 2.38. The first-order valence-corrected chi connectivity index (χ1v) is 8.29. The van der Waals surface area contributed by atoms with Crippen molar-refractivity contribution in [3.05, 3.63) is 24.3 Å². The van der Waals surface area contributed by atoms with E-state index in [1.165, 1.54) is 12.1 Å². The number of aliphatic hydroxyl groups is 1. The normalized spacial score (nSPS) is 19.7. The Morgan fingerprint density at radius 3 is 2.55 bits per heavy atom. The lowest BCUT2D eigenvalue weighted by atomic mass is 10.1. The van der Waals surface area contributed by atoms with Crippen LogP contribution in [0.2, 0.25) is 0 Å². The third-order valence-corrected chi connectivity index (χ3v) is 4.35. The van der Waals surface area contributed by atoms with Crippen molar-refractivity contribution in [2.24, 2.45) is 0 Å². The minimum atomic E-state index is -3.23. The van der Waals surface area contributed by atoms with Gasteiger partial charge in [0.25, 0.3) is 0 Å². The maximum Gasteiger partial charge on any atom is 0.321 e. The zero-order valence-corrected chi connectivity index (χ0v) is 12.1. The molecule has 2 rings (SSSR count). The number of hydrogen-bond donors (Lipinski definition) is 2. The van der Waals surface area contributed by atoms with E-state index in [4.69, 9.17) is 0 Å². The van der Waals surface area contributed by atoms with Crippen LogP contribution in [0.5, 0.6) is 0 Å². The maximum absolute atomic E-state index is 12.0. The lowest BCUT2D eigenvalue weighted by Crippen LogP contribution is -2.44. The molecule has 6 nitrogen and oxygen atoms in total. The molecule has 0 bridgehead atoms. The van der Waals surface area contributed by atoms with E-state index in [1.807, 2.05) is 0 Å². The molecule has 1 aromatic rings. The highest BCUT2D eigenvalue weighted by molar-refractivity contribution is 7.90. The van der Waals surface area contributed by atoms with Gasteiger partial charge in [0.2, 0.25) is 0 Å². The van der Waals surface area contributed by atoms with Crippen molar-refractivity contribution in [1.29, 1.82) is 0 Å². The van der Waals surface area contributed by atoms with Crippen molar-refractivity contribution in [3.8, 4) is 0 Å². The van der Waals surface area contributed by atoms with Crippen molar-refractivity contribution in [2.75, 3.05) is 24.7 Å². The van der Waals surface area contributed by atoms with E-state index >= 15 is 0 Å². The number of carbonyl (C=O) groups is 1. The Kier molecular flexibility index (Phi) is 4.29. The first kappa shape index (κ1) is 14.8. The molecule has 0 unspecified atom stereocenters. The second-order valence-electron chi connectivity index (χ2n) is 4.97. The van der Waals surface area contributed by atoms with Gasteiger partial charge in [0.05, 0.1) is 11.0 Å². The van der Waals surface area contributed by atoms with E-state index < -0.39 is 15.9 Å². The van der Waals surface area contributed by atoms with Crippen molar-refractivity contribution in [1.82, 2.24) is 4.90 Å². The van der Waals surface area contributed by atoms with Crippen LogP contribution in [0.1, 0.15) is 12.8 Å². The molecule has 2 amide bonds. The number of anilines is 1. The second kappa shape index (κ2) is 5.80. The smallest absolute Gasteiger partial charge is 0.321 e. The number of aliphatic hydroxyl groups excluding tert-OH is 1. The topological polar surface area (TPSA) is 86.7 Å². The number of sulfone groups is 1. The van der Waals surface area contributed by atoms with Gasteiger partial charge in [-0.05, 0) is 37.1 Å². The van der Waals surface area contributed by atoms with Gasteiger partial charge in [-0.1, -0.05) is 0 Å². The molecular formula is C13H18N2O4S. The maximum atomic E-state index is 12.0. The van der Waals surface area contributed by atoms with Gasteiger partial charge in [0.1, 0.15) is 0 Å². The van der Waals surface area contributed by atoms with E-state index in [9.17, 15) is 18.3 Å². The van der Waals surface area contributed by atoms with Crippen LogP contribution in [0, 0.1) is 0 Å². The Hall–Kier alpha value is -1.60. The van der Waals surface area contributed by atoms with Crippen LogP contribution in [-0.4, -0.2) is 49.9 Å². The third kappa shape index (κ3) is 3.71. The molecule has 1 aliphatic heterocycles. The monoisotopic (exact) mass is 298 g/mol. The number of carbonyl (C=O) groups excluding carboxylic acids is 1. The highest BCUT2D eigenvalue weighted by atomic mass is 32.2. The zero-order valence-electron chi connectivity index (χ0n) is 11.2. The highest BCUT2D eigenvalue weighted by Crippen LogP contribution is 2.16. The van der Waals surface area contributed by atoms with E-state index in [0.717, 1.165) is 12.7 Å². The molecular weight excluding hydrogens is 280 g/mol. The molecule has 0 spiro atoms. The number of hydrogen-bond acceptors (Lipinski definition) is 4. The summed E-state index contributed by atoms with van der Waals surface area (Å²) in [6.07, 6.45) is 2.16. The number of rotatable bonds is 2. The Balaban J connectivity index is 2.01. The van der Waals surface area contributed by atoms with Crippen LogP contribution >= 0.6 is 0 Å². The quantitative estimate of drug-likeness (QED) is 0.855. The fraction of sp³-hybridized carbons (Fsp3) is 0.462. The molecule has 1 fully saturated rings. The minimum absolute atomic E-state index is 0.212. The van der Waals surface area contributed by atoms with Crippen molar-refractivity contribution >= 4 is 21.6 Å². The zero-order chi connectivity index (χ0) is 14.8. The van der Waals surface area contributed by atoms with E-state index in [0.29, 0.717) is 25.2 Å². The lowest BCUT2D eigenvalue weighted by Gasteiger charge is -2.30. The van der Waals surface area contributed by atoms with Gasteiger partial charge in [-0.2, -0.15) is 0 Å². The number of piperidine rings is 1. The summed E-state index contributed by atoms with van der Waals surface area (Å²) in [6.45, 7) is 0.942. The fourth-order valence-corrected chi connectivity index (χ4v) is 2.76. The molecule has 0 radical (unpaired) electrons.